The van der Waals surface area contributed by atoms with Crippen LogP contribution in [0.5, 0.6) is 0 Å². The van der Waals surface area contributed by atoms with Crippen LogP contribution >= 0.6 is 0 Å². The Morgan fingerprint density at radius 1 is 1.11 bits per heavy atom. The smallest absolute Gasteiger partial charge is 0.276 e. The highest BCUT2D eigenvalue weighted by molar-refractivity contribution is 5.85. The van der Waals surface area contributed by atoms with E-state index in [1.807, 2.05) is 13.8 Å². The predicted molar refractivity (Wildman–Crippen MR) is 111 cm³/mol. The minimum atomic E-state index is -0.794. The summed E-state index contributed by atoms with van der Waals surface area (Å²) in [5, 5.41) is 15.0. The van der Waals surface area contributed by atoms with Gasteiger partial charge in [-0.2, -0.15) is 5.26 Å². The van der Waals surface area contributed by atoms with E-state index in [2.05, 4.69) is 53.9 Å². The van der Waals surface area contributed by atoms with Crippen molar-refractivity contribution in [2.45, 2.75) is 32.9 Å². The van der Waals surface area contributed by atoms with Gasteiger partial charge in [-0.05, 0) is 23.6 Å². The van der Waals surface area contributed by atoms with Crippen LogP contribution in [0.3, 0.4) is 0 Å². The summed E-state index contributed by atoms with van der Waals surface area (Å²) >= 11 is 0. The molecule has 5 heteroatoms. The second kappa shape index (κ2) is 8.72. The van der Waals surface area contributed by atoms with Crippen LogP contribution in [0.25, 0.3) is 10.8 Å². The molecule has 1 aliphatic rings. The lowest BCUT2D eigenvalue weighted by Crippen LogP contribution is -3.28. The standard InChI is InChI=1S/C23H30N4O/c1-18(2)23(3,17-24)25-22(28)16-27-13-11-26(12-14-27)15-20-9-6-8-19-7-4-5-10-21(19)20/h4-10,18H,11-16H2,1-3H3,(H,25,28)/p+2/t23-/m0/s1. The van der Waals surface area contributed by atoms with Gasteiger partial charge in [0.1, 0.15) is 38.3 Å². The van der Waals surface area contributed by atoms with Crippen LogP contribution in [-0.2, 0) is 11.3 Å². The second-order valence-corrected chi connectivity index (χ2v) is 8.51. The number of nitrogens with one attached hydrogen (secondary N) is 3. The number of fused-ring (bicyclic) bond motifs is 1. The number of carbonyl (C=O) groups excluding carboxylic acids is 1. The van der Waals surface area contributed by atoms with Crippen LogP contribution in [0.15, 0.2) is 42.5 Å². The Labute approximate surface area is 167 Å². The summed E-state index contributed by atoms with van der Waals surface area (Å²) in [5.74, 6) is 0.0590. The van der Waals surface area contributed by atoms with E-state index in [9.17, 15) is 10.1 Å². The van der Waals surface area contributed by atoms with Gasteiger partial charge < -0.3 is 15.1 Å². The average molecular weight is 381 g/mol. The van der Waals surface area contributed by atoms with Crippen LogP contribution in [0.1, 0.15) is 26.3 Å². The fourth-order valence-corrected chi connectivity index (χ4v) is 3.89. The Balaban J connectivity index is 1.52. The van der Waals surface area contributed by atoms with Crippen molar-refractivity contribution in [3.63, 3.8) is 0 Å². The van der Waals surface area contributed by atoms with Crippen LogP contribution in [-0.4, -0.2) is 44.2 Å². The summed E-state index contributed by atoms with van der Waals surface area (Å²) in [6.45, 7) is 11.3. The first-order valence-corrected chi connectivity index (χ1v) is 10.3. The zero-order valence-corrected chi connectivity index (χ0v) is 17.2. The van der Waals surface area contributed by atoms with E-state index in [0.717, 1.165) is 32.7 Å². The van der Waals surface area contributed by atoms with Crippen LogP contribution < -0.4 is 15.1 Å². The molecule has 1 amide bonds. The molecule has 0 aromatic heterocycles. The number of rotatable bonds is 6. The second-order valence-electron chi connectivity index (χ2n) is 8.51. The van der Waals surface area contributed by atoms with Gasteiger partial charge in [0.15, 0.2) is 6.54 Å². The first kappa shape index (κ1) is 20.3. The molecule has 0 saturated carbocycles. The van der Waals surface area contributed by atoms with Gasteiger partial charge in [0.25, 0.3) is 5.91 Å². The molecule has 3 N–H and O–H groups in total. The first-order chi connectivity index (χ1) is 13.4. The number of nitrogens with zero attached hydrogens (tertiary/aromatic N) is 1. The van der Waals surface area contributed by atoms with Gasteiger partial charge in [-0.3, -0.25) is 4.79 Å². The number of piperazine rings is 1. The molecule has 1 saturated heterocycles. The van der Waals surface area contributed by atoms with Crippen molar-refractivity contribution in [3.8, 4) is 6.07 Å². The van der Waals surface area contributed by atoms with Crippen molar-refractivity contribution in [1.29, 1.82) is 5.26 Å². The van der Waals surface area contributed by atoms with Gasteiger partial charge in [0.2, 0.25) is 0 Å². The maximum absolute atomic E-state index is 12.4. The first-order valence-electron chi connectivity index (χ1n) is 10.3. The van der Waals surface area contributed by atoms with E-state index in [4.69, 9.17) is 0 Å². The SMILES string of the molecule is CC(C)[C@](C)(C#N)NC(=O)C[NH+]1CC[NH+](Cc2cccc3ccccc23)CC1. The van der Waals surface area contributed by atoms with Gasteiger partial charge in [-0.15, -0.1) is 0 Å². The molecule has 0 unspecified atom stereocenters. The lowest BCUT2D eigenvalue weighted by atomic mass is 9.90. The number of hydrogen-bond acceptors (Lipinski definition) is 2. The fourth-order valence-electron chi connectivity index (χ4n) is 3.89. The molecule has 2 aromatic rings. The summed E-state index contributed by atoms with van der Waals surface area (Å²) in [6, 6.07) is 17.4. The quantitative estimate of drug-likeness (QED) is 0.669. The number of benzene rings is 2. The van der Waals surface area contributed by atoms with Crippen LogP contribution in [0.4, 0.5) is 0 Å². The van der Waals surface area contributed by atoms with Gasteiger partial charge in [-0.25, -0.2) is 0 Å². The zero-order valence-electron chi connectivity index (χ0n) is 17.2. The zero-order chi connectivity index (χ0) is 20.1. The fraction of sp³-hybridized carbons (Fsp3) is 0.478. The van der Waals surface area contributed by atoms with Gasteiger partial charge >= 0.3 is 0 Å². The van der Waals surface area contributed by atoms with Crippen molar-refractivity contribution >= 4 is 16.7 Å². The highest BCUT2D eigenvalue weighted by Crippen LogP contribution is 2.17. The molecule has 1 fully saturated rings. The van der Waals surface area contributed by atoms with E-state index in [-0.39, 0.29) is 11.8 Å². The van der Waals surface area contributed by atoms with Crippen LogP contribution in [0, 0.1) is 17.2 Å². The van der Waals surface area contributed by atoms with Gasteiger partial charge in [0, 0.05) is 5.56 Å². The van der Waals surface area contributed by atoms with Crippen molar-refractivity contribution in [2.24, 2.45) is 5.92 Å². The highest BCUT2D eigenvalue weighted by atomic mass is 16.2. The Hall–Kier alpha value is -2.42. The molecule has 0 bridgehead atoms. The predicted octanol–water partition coefficient (Wildman–Crippen LogP) is 0.178. The Bertz CT molecular complexity index is 859. The van der Waals surface area contributed by atoms with Crippen molar-refractivity contribution in [2.75, 3.05) is 32.7 Å². The van der Waals surface area contributed by atoms with E-state index in [1.165, 1.54) is 21.2 Å². The van der Waals surface area contributed by atoms with Crippen molar-refractivity contribution in [3.05, 3.63) is 48.0 Å². The maximum Gasteiger partial charge on any atom is 0.276 e. The van der Waals surface area contributed by atoms with Gasteiger partial charge in [-0.1, -0.05) is 56.3 Å². The molecule has 3 rings (SSSR count). The normalized spacial score (nSPS) is 21.8. The molecule has 5 nitrogen and oxygen atoms in total. The van der Waals surface area contributed by atoms with E-state index < -0.39 is 5.54 Å². The number of carbonyl (C=O) groups is 1. The Morgan fingerprint density at radius 2 is 1.75 bits per heavy atom. The number of hydrogen-bond donors (Lipinski definition) is 3. The third-order valence-electron chi connectivity index (χ3n) is 6.18. The van der Waals surface area contributed by atoms with E-state index in [0.29, 0.717) is 6.54 Å². The number of nitriles is 1. The topological polar surface area (TPSA) is 61.8 Å². The summed E-state index contributed by atoms with van der Waals surface area (Å²) in [6.07, 6.45) is 0. The lowest BCUT2D eigenvalue weighted by Gasteiger charge is -2.31. The molecular formula is C23H32N4O+2. The molecule has 1 aliphatic heterocycles. The summed E-state index contributed by atoms with van der Waals surface area (Å²) in [7, 11) is 0. The highest BCUT2D eigenvalue weighted by Gasteiger charge is 2.32. The number of amides is 1. The molecule has 0 spiro atoms. The molecule has 0 aliphatic carbocycles. The molecule has 148 valence electrons. The lowest BCUT2D eigenvalue weighted by molar-refractivity contribution is -1.02. The van der Waals surface area contributed by atoms with E-state index >= 15 is 0 Å². The summed E-state index contributed by atoms with van der Waals surface area (Å²) in [5.41, 5.74) is 0.605. The van der Waals surface area contributed by atoms with Crippen LogP contribution in [0.2, 0.25) is 0 Å². The van der Waals surface area contributed by atoms with E-state index in [1.54, 1.807) is 11.8 Å². The van der Waals surface area contributed by atoms with Crippen molar-refractivity contribution in [1.82, 2.24) is 5.32 Å². The monoisotopic (exact) mass is 380 g/mol. The summed E-state index contributed by atoms with van der Waals surface area (Å²) < 4.78 is 0. The maximum atomic E-state index is 12.4. The molecular weight excluding hydrogens is 348 g/mol. The molecule has 1 atom stereocenters. The molecule has 28 heavy (non-hydrogen) atoms. The molecule has 2 aromatic carbocycles. The Morgan fingerprint density at radius 3 is 2.43 bits per heavy atom. The van der Waals surface area contributed by atoms with Crippen molar-refractivity contribution < 1.29 is 14.6 Å². The third-order valence-corrected chi connectivity index (χ3v) is 6.18. The number of quaternary nitrogens is 2. The summed E-state index contributed by atoms with van der Waals surface area (Å²) in [4.78, 5) is 15.3. The average Bonchev–Trinajstić information content (AvgIpc) is 2.69. The Kier molecular flexibility index (Phi) is 6.33. The van der Waals surface area contributed by atoms with Gasteiger partial charge in [0.05, 0.1) is 6.07 Å². The molecule has 1 heterocycles. The largest absolute Gasteiger partial charge is 0.333 e. The minimum absolute atomic E-state index is 0.0229. The third kappa shape index (κ3) is 4.70. The minimum Gasteiger partial charge on any atom is -0.333 e. The molecule has 0 radical (unpaired) electrons.